The molecule has 1 aliphatic carbocycles. The molecule has 0 radical (unpaired) electrons. The highest BCUT2D eigenvalue weighted by Gasteiger charge is 2.17. The maximum Gasteiger partial charge on any atom is 0.319 e. The Labute approximate surface area is 222 Å². The molecule has 0 heterocycles. The summed E-state index contributed by atoms with van der Waals surface area (Å²) < 4.78 is 0. The Balaban J connectivity index is 1.40. The molecule has 3 N–H and O–H groups in total. The first kappa shape index (κ1) is 25.8. The normalized spacial score (nSPS) is 14.6. The van der Waals surface area contributed by atoms with Crippen LogP contribution in [0.25, 0.3) is 11.1 Å². The molecule has 4 nitrogen and oxygen atoms in total. The Hall–Kier alpha value is -2.24. The molecule has 3 aromatic rings. The van der Waals surface area contributed by atoms with E-state index in [-0.39, 0.29) is 11.9 Å². The van der Waals surface area contributed by atoms with Crippen LogP contribution in [-0.4, -0.2) is 25.2 Å². The first-order chi connectivity index (χ1) is 17.0. The Kier molecular flexibility index (Phi) is 9.33. The average molecular weight is 531 g/mol. The lowest BCUT2D eigenvalue weighted by molar-refractivity contribution is 0.251. The van der Waals surface area contributed by atoms with E-state index < -0.39 is 0 Å². The van der Waals surface area contributed by atoms with Crippen molar-refractivity contribution in [1.29, 1.82) is 0 Å². The van der Waals surface area contributed by atoms with Crippen LogP contribution in [0.15, 0.2) is 66.7 Å². The second-order valence-electron chi connectivity index (χ2n) is 9.04. The van der Waals surface area contributed by atoms with Crippen LogP contribution in [0.1, 0.15) is 43.6 Å². The smallest absolute Gasteiger partial charge is 0.319 e. The van der Waals surface area contributed by atoms with E-state index >= 15 is 0 Å². The lowest BCUT2D eigenvalue weighted by atomic mass is 9.93. The van der Waals surface area contributed by atoms with E-state index in [0.717, 1.165) is 29.1 Å². The van der Waals surface area contributed by atoms with E-state index in [1.165, 1.54) is 31.2 Å². The zero-order valence-corrected chi connectivity index (χ0v) is 21.8. The van der Waals surface area contributed by atoms with Crippen molar-refractivity contribution >= 4 is 46.5 Å². The third kappa shape index (κ3) is 7.88. The molecule has 0 spiro atoms. The molecule has 4 rings (SSSR count). The van der Waals surface area contributed by atoms with Crippen molar-refractivity contribution in [3.05, 3.63) is 87.4 Å². The van der Waals surface area contributed by atoms with Crippen LogP contribution >= 0.6 is 34.8 Å². The molecule has 0 aromatic heterocycles. The van der Waals surface area contributed by atoms with E-state index in [9.17, 15) is 4.79 Å². The maximum absolute atomic E-state index is 12.6. The minimum Gasteiger partial charge on any atom is -0.337 e. The van der Waals surface area contributed by atoms with Crippen LogP contribution in [-0.2, 0) is 0 Å². The molecule has 1 aliphatic rings. The standard InChI is InChI=1S/C28H30Cl3N3O/c29-23-11-9-20(10-12-23)19-5-7-21(8-6-19)22(13-14-32-26-3-1-2-4-26)18-33-28(35)34-27-16-24(30)15-25(31)17-27/h5-12,15-17,22,26,32H,1-4,13-14,18H2,(H2,33,34,35). The third-order valence-corrected chi connectivity index (χ3v) is 7.16. The number of halogens is 3. The van der Waals surface area contributed by atoms with E-state index in [1.807, 2.05) is 24.3 Å². The van der Waals surface area contributed by atoms with Gasteiger partial charge in [-0.3, -0.25) is 0 Å². The highest BCUT2D eigenvalue weighted by atomic mass is 35.5. The predicted molar refractivity (Wildman–Crippen MR) is 148 cm³/mol. The molecule has 1 fully saturated rings. The summed E-state index contributed by atoms with van der Waals surface area (Å²) in [6.07, 6.45) is 6.05. The lowest BCUT2D eigenvalue weighted by Crippen LogP contribution is -2.34. The molecule has 0 saturated heterocycles. The van der Waals surface area contributed by atoms with Gasteiger partial charge in [0.15, 0.2) is 0 Å². The van der Waals surface area contributed by atoms with Crippen molar-refractivity contribution in [2.24, 2.45) is 0 Å². The monoisotopic (exact) mass is 529 g/mol. The van der Waals surface area contributed by atoms with E-state index in [2.05, 4.69) is 40.2 Å². The van der Waals surface area contributed by atoms with Crippen LogP contribution in [0.2, 0.25) is 15.1 Å². The molecule has 184 valence electrons. The van der Waals surface area contributed by atoms with Crippen molar-refractivity contribution in [2.45, 2.75) is 44.1 Å². The van der Waals surface area contributed by atoms with Gasteiger partial charge < -0.3 is 16.0 Å². The number of carbonyl (C=O) groups is 1. The van der Waals surface area contributed by atoms with Crippen LogP contribution < -0.4 is 16.0 Å². The van der Waals surface area contributed by atoms with Crippen molar-refractivity contribution in [1.82, 2.24) is 10.6 Å². The molecule has 3 aromatic carbocycles. The van der Waals surface area contributed by atoms with Gasteiger partial charge in [0.25, 0.3) is 0 Å². The predicted octanol–water partition coefficient (Wildman–Crippen LogP) is 8.14. The van der Waals surface area contributed by atoms with Crippen LogP contribution in [0.5, 0.6) is 0 Å². The number of hydrogen-bond acceptors (Lipinski definition) is 2. The summed E-state index contributed by atoms with van der Waals surface area (Å²) in [4.78, 5) is 12.6. The van der Waals surface area contributed by atoms with Crippen molar-refractivity contribution in [3.63, 3.8) is 0 Å². The molecule has 0 bridgehead atoms. The molecule has 2 amide bonds. The fourth-order valence-electron chi connectivity index (χ4n) is 4.59. The number of rotatable bonds is 9. The minimum absolute atomic E-state index is 0.178. The number of hydrogen-bond donors (Lipinski definition) is 3. The average Bonchev–Trinajstić information content (AvgIpc) is 3.35. The third-order valence-electron chi connectivity index (χ3n) is 6.47. The van der Waals surface area contributed by atoms with Crippen LogP contribution in [0, 0.1) is 0 Å². The molecule has 1 saturated carbocycles. The summed E-state index contributed by atoms with van der Waals surface area (Å²) in [5, 5.41) is 11.2. The van der Waals surface area contributed by atoms with Crippen molar-refractivity contribution in [2.75, 3.05) is 18.4 Å². The fourth-order valence-corrected chi connectivity index (χ4v) is 5.24. The highest BCUT2D eigenvalue weighted by molar-refractivity contribution is 6.35. The van der Waals surface area contributed by atoms with Gasteiger partial charge in [0.2, 0.25) is 0 Å². The number of anilines is 1. The molecular weight excluding hydrogens is 501 g/mol. The number of nitrogens with one attached hydrogen (secondary N) is 3. The van der Waals surface area contributed by atoms with E-state index in [1.54, 1.807) is 18.2 Å². The minimum atomic E-state index is -0.283. The Bertz CT molecular complexity index is 1090. The van der Waals surface area contributed by atoms with Crippen LogP contribution in [0.4, 0.5) is 10.5 Å². The molecule has 0 aliphatic heterocycles. The van der Waals surface area contributed by atoms with Gasteiger partial charge in [0.05, 0.1) is 0 Å². The second kappa shape index (κ2) is 12.6. The van der Waals surface area contributed by atoms with Crippen molar-refractivity contribution in [3.8, 4) is 11.1 Å². The summed E-state index contributed by atoms with van der Waals surface area (Å²) >= 11 is 18.1. The quantitative estimate of drug-likeness (QED) is 0.261. The van der Waals surface area contributed by atoms with Gasteiger partial charge in [-0.2, -0.15) is 0 Å². The molecular formula is C28H30Cl3N3O. The largest absolute Gasteiger partial charge is 0.337 e. The maximum atomic E-state index is 12.6. The van der Waals surface area contributed by atoms with Gasteiger partial charge in [-0.25, -0.2) is 4.79 Å². The lowest BCUT2D eigenvalue weighted by Gasteiger charge is -2.21. The zero-order valence-electron chi connectivity index (χ0n) is 19.5. The zero-order chi connectivity index (χ0) is 24.6. The summed E-state index contributed by atoms with van der Waals surface area (Å²) in [6.45, 7) is 1.44. The van der Waals surface area contributed by atoms with Gasteiger partial charge in [-0.05, 0) is 72.8 Å². The van der Waals surface area contributed by atoms with Gasteiger partial charge in [-0.1, -0.05) is 84.0 Å². The van der Waals surface area contributed by atoms with E-state index in [4.69, 9.17) is 34.8 Å². The second-order valence-corrected chi connectivity index (χ2v) is 10.4. The highest BCUT2D eigenvalue weighted by Crippen LogP contribution is 2.26. The summed E-state index contributed by atoms with van der Waals surface area (Å²) in [6, 6.07) is 21.7. The topological polar surface area (TPSA) is 53.2 Å². The SMILES string of the molecule is O=C(NCC(CCNC1CCCC1)c1ccc(-c2ccc(Cl)cc2)cc1)Nc1cc(Cl)cc(Cl)c1. The van der Waals surface area contributed by atoms with Gasteiger partial charge in [0.1, 0.15) is 0 Å². The first-order valence-corrected chi connectivity index (χ1v) is 13.2. The fraction of sp³-hybridized carbons (Fsp3) is 0.321. The van der Waals surface area contributed by atoms with Gasteiger partial charge in [-0.15, -0.1) is 0 Å². The first-order valence-electron chi connectivity index (χ1n) is 12.1. The Morgan fingerprint density at radius 1 is 0.829 bits per heavy atom. The summed E-state index contributed by atoms with van der Waals surface area (Å²) in [5.41, 5.74) is 4.02. The number of benzene rings is 3. The molecule has 1 unspecified atom stereocenters. The summed E-state index contributed by atoms with van der Waals surface area (Å²) in [7, 11) is 0. The van der Waals surface area contributed by atoms with Gasteiger partial charge >= 0.3 is 6.03 Å². The van der Waals surface area contributed by atoms with E-state index in [0.29, 0.717) is 28.3 Å². The Morgan fingerprint density at radius 2 is 1.43 bits per heavy atom. The number of amides is 2. The summed E-state index contributed by atoms with van der Waals surface area (Å²) in [5.74, 6) is 0.178. The number of urea groups is 1. The van der Waals surface area contributed by atoms with Crippen molar-refractivity contribution < 1.29 is 4.79 Å². The molecule has 7 heteroatoms. The van der Waals surface area contributed by atoms with Gasteiger partial charge in [0, 0.05) is 39.3 Å². The Morgan fingerprint density at radius 3 is 2.06 bits per heavy atom. The molecule has 1 atom stereocenters. The molecule has 35 heavy (non-hydrogen) atoms. The number of carbonyl (C=O) groups excluding carboxylic acids is 1. The van der Waals surface area contributed by atoms with Crippen LogP contribution in [0.3, 0.4) is 0 Å².